The highest BCUT2D eigenvalue weighted by molar-refractivity contribution is 5.20. The molecule has 0 spiro atoms. The molecule has 3 nitrogen and oxygen atoms in total. The van der Waals surface area contributed by atoms with Crippen LogP contribution in [0.5, 0.6) is 5.75 Å². The van der Waals surface area contributed by atoms with Crippen LogP contribution in [0, 0.1) is 0 Å². The summed E-state index contributed by atoms with van der Waals surface area (Å²) in [6.45, 7) is 5.96. The first-order chi connectivity index (χ1) is 7.43. The Labute approximate surface area is 91.4 Å². The van der Waals surface area contributed by atoms with Crippen LogP contribution >= 0.6 is 0 Å². The Morgan fingerprint density at radius 3 is 2.53 bits per heavy atom. The molecule has 15 heavy (non-hydrogen) atoms. The van der Waals surface area contributed by atoms with E-state index in [0.717, 1.165) is 32.1 Å². The van der Waals surface area contributed by atoms with Crippen molar-refractivity contribution in [2.75, 3.05) is 32.9 Å². The van der Waals surface area contributed by atoms with Crippen LogP contribution in [-0.2, 0) is 4.74 Å². The van der Waals surface area contributed by atoms with Gasteiger partial charge >= 0.3 is 0 Å². The maximum absolute atomic E-state index is 5.51. The molecular formula is C12H19NO2. The van der Waals surface area contributed by atoms with Gasteiger partial charge in [0.2, 0.25) is 0 Å². The molecule has 0 unspecified atom stereocenters. The molecule has 1 aromatic carbocycles. The first-order valence-electron chi connectivity index (χ1n) is 5.40. The summed E-state index contributed by atoms with van der Waals surface area (Å²) in [4.78, 5) is 0. The second kappa shape index (κ2) is 8.26. The average molecular weight is 209 g/mol. The summed E-state index contributed by atoms with van der Waals surface area (Å²) in [6.07, 6.45) is 0. The molecule has 0 aromatic heterocycles. The van der Waals surface area contributed by atoms with E-state index < -0.39 is 0 Å². The molecule has 0 aliphatic rings. The van der Waals surface area contributed by atoms with Gasteiger partial charge in [-0.2, -0.15) is 0 Å². The van der Waals surface area contributed by atoms with Crippen molar-refractivity contribution in [1.29, 1.82) is 0 Å². The number of benzene rings is 1. The van der Waals surface area contributed by atoms with Crippen LogP contribution in [-0.4, -0.2) is 32.9 Å². The van der Waals surface area contributed by atoms with Crippen molar-refractivity contribution in [2.24, 2.45) is 0 Å². The maximum atomic E-state index is 5.51. The van der Waals surface area contributed by atoms with Crippen molar-refractivity contribution in [2.45, 2.75) is 6.92 Å². The summed E-state index contributed by atoms with van der Waals surface area (Å²) < 4.78 is 10.7. The summed E-state index contributed by atoms with van der Waals surface area (Å²) in [5, 5.41) is 3.24. The highest BCUT2D eigenvalue weighted by Crippen LogP contribution is 2.07. The molecule has 1 N–H and O–H groups in total. The van der Waals surface area contributed by atoms with Crippen LogP contribution in [0.4, 0.5) is 0 Å². The van der Waals surface area contributed by atoms with E-state index in [4.69, 9.17) is 9.47 Å². The monoisotopic (exact) mass is 209 g/mol. The van der Waals surface area contributed by atoms with Gasteiger partial charge in [0.15, 0.2) is 0 Å². The molecule has 3 heteroatoms. The van der Waals surface area contributed by atoms with Gasteiger partial charge in [-0.25, -0.2) is 0 Å². The van der Waals surface area contributed by atoms with Crippen LogP contribution < -0.4 is 10.1 Å². The molecule has 0 heterocycles. The Kier molecular flexibility index (Phi) is 6.62. The van der Waals surface area contributed by atoms with Crippen LogP contribution in [0.15, 0.2) is 30.3 Å². The minimum Gasteiger partial charge on any atom is -0.492 e. The molecule has 0 bridgehead atoms. The van der Waals surface area contributed by atoms with Crippen molar-refractivity contribution in [3.8, 4) is 5.75 Å². The molecule has 0 saturated heterocycles. The summed E-state index contributed by atoms with van der Waals surface area (Å²) in [5.74, 6) is 0.920. The smallest absolute Gasteiger partial charge is 0.119 e. The van der Waals surface area contributed by atoms with Gasteiger partial charge in [-0.1, -0.05) is 18.2 Å². The molecule has 84 valence electrons. The van der Waals surface area contributed by atoms with Gasteiger partial charge in [0, 0.05) is 19.7 Å². The summed E-state index contributed by atoms with van der Waals surface area (Å²) >= 11 is 0. The van der Waals surface area contributed by atoms with Crippen LogP contribution in [0.3, 0.4) is 0 Å². The van der Waals surface area contributed by atoms with Gasteiger partial charge in [-0.3, -0.25) is 0 Å². The molecule has 0 aliphatic carbocycles. The lowest BCUT2D eigenvalue weighted by atomic mass is 10.3. The van der Waals surface area contributed by atoms with E-state index in [0.29, 0.717) is 6.61 Å². The van der Waals surface area contributed by atoms with Gasteiger partial charge in [0.05, 0.1) is 6.61 Å². The first-order valence-corrected chi connectivity index (χ1v) is 5.40. The lowest BCUT2D eigenvalue weighted by Crippen LogP contribution is -2.24. The SMILES string of the molecule is CCOCCNCCOc1ccccc1. The van der Waals surface area contributed by atoms with E-state index in [-0.39, 0.29) is 0 Å². The quantitative estimate of drug-likeness (QED) is 0.661. The zero-order valence-corrected chi connectivity index (χ0v) is 9.24. The van der Waals surface area contributed by atoms with Gasteiger partial charge < -0.3 is 14.8 Å². The molecule has 0 radical (unpaired) electrons. The molecular weight excluding hydrogens is 190 g/mol. The number of nitrogens with one attached hydrogen (secondary N) is 1. The van der Waals surface area contributed by atoms with Crippen molar-refractivity contribution in [1.82, 2.24) is 5.32 Å². The van der Waals surface area contributed by atoms with Gasteiger partial charge in [-0.05, 0) is 19.1 Å². The lowest BCUT2D eigenvalue weighted by Gasteiger charge is -2.07. The number of hydrogen-bond acceptors (Lipinski definition) is 3. The van der Waals surface area contributed by atoms with E-state index in [2.05, 4.69) is 5.32 Å². The maximum Gasteiger partial charge on any atom is 0.119 e. The fourth-order valence-electron chi connectivity index (χ4n) is 1.17. The van der Waals surface area contributed by atoms with Crippen LogP contribution in [0.1, 0.15) is 6.92 Å². The fourth-order valence-corrected chi connectivity index (χ4v) is 1.17. The summed E-state index contributed by atoms with van der Waals surface area (Å²) in [5.41, 5.74) is 0. The summed E-state index contributed by atoms with van der Waals surface area (Å²) in [6, 6.07) is 9.84. The fraction of sp³-hybridized carbons (Fsp3) is 0.500. The van der Waals surface area contributed by atoms with Gasteiger partial charge in [-0.15, -0.1) is 0 Å². The molecule has 0 saturated carbocycles. The normalized spacial score (nSPS) is 10.2. The van der Waals surface area contributed by atoms with E-state index in [1.807, 2.05) is 37.3 Å². The third-order valence-corrected chi connectivity index (χ3v) is 1.92. The Morgan fingerprint density at radius 1 is 1.07 bits per heavy atom. The van der Waals surface area contributed by atoms with Crippen molar-refractivity contribution in [3.63, 3.8) is 0 Å². The minimum absolute atomic E-state index is 0.691. The summed E-state index contributed by atoms with van der Waals surface area (Å²) in [7, 11) is 0. The number of ether oxygens (including phenoxy) is 2. The predicted molar refractivity (Wildman–Crippen MR) is 61.3 cm³/mol. The zero-order chi connectivity index (χ0) is 10.8. The molecule has 0 atom stereocenters. The first kappa shape index (κ1) is 12.0. The number of para-hydroxylation sites is 1. The minimum atomic E-state index is 0.691. The van der Waals surface area contributed by atoms with E-state index in [9.17, 15) is 0 Å². The van der Waals surface area contributed by atoms with Crippen molar-refractivity contribution in [3.05, 3.63) is 30.3 Å². The Balaban J connectivity index is 1.93. The van der Waals surface area contributed by atoms with Crippen LogP contribution in [0.25, 0.3) is 0 Å². The molecule has 0 fully saturated rings. The lowest BCUT2D eigenvalue weighted by molar-refractivity contribution is 0.148. The second-order valence-electron chi connectivity index (χ2n) is 3.11. The van der Waals surface area contributed by atoms with Gasteiger partial charge in [0.25, 0.3) is 0 Å². The van der Waals surface area contributed by atoms with E-state index >= 15 is 0 Å². The Hall–Kier alpha value is -1.06. The molecule has 1 rings (SSSR count). The zero-order valence-electron chi connectivity index (χ0n) is 9.24. The third kappa shape index (κ3) is 6.10. The number of rotatable bonds is 8. The molecule has 1 aromatic rings. The highest BCUT2D eigenvalue weighted by Gasteiger charge is 1.91. The second-order valence-corrected chi connectivity index (χ2v) is 3.11. The van der Waals surface area contributed by atoms with E-state index in [1.165, 1.54) is 0 Å². The standard InChI is InChI=1S/C12H19NO2/c1-2-14-10-8-13-9-11-15-12-6-4-3-5-7-12/h3-7,13H,2,8-11H2,1H3. The molecule has 0 amide bonds. The third-order valence-electron chi connectivity index (χ3n) is 1.92. The Bertz CT molecular complexity index is 239. The topological polar surface area (TPSA) is 30.5 Å². The van der Waals surface area contributed by atoms with Crippen molar-refractivity contribution >= 4 is 0 Å². The largest absolute Gasteiger partial charge is 0.492 e. The van der Waals surface area contributed by atoms with E-state index in [1.54, 1.807) is 0 Å². The molecule has 0 aliphatic heterocycles. The van der Waals surface area contributed by atoms with Crippen LogP contribution in [0.2, 0.25) is 0 Å². The predicted octanol–water partition coefficient (Wildman–Crippen LogP) is 1.69. The average Bonchev–Trinajstić information content (AvgIpc) is 2.29. The van der Waals surface area contributed by atoms with Gasteiger partial charge in [0.1, 0.15) is 12.4 Å². The van der Waals surface area contributed by atoms with Crippen molar-refractivity contribution < 1.29 is 9.47 Å². The highest BCUT2D eigenvalue weighted by atomic mass is 16.5. The Morgan fingerprint density at radius 2 is 1.80 bits per heavy atom. The number of hydrogen-bond donors (Lipinski definition) is 1.